The Labute approximate surface area is 446 Å². The number of aliphatic hydroxyl groups is 2. The first-order chi connectivity index (χ1) is 35.9. The lowest BCUT2D eigenvalue weighted by molar-refractivity contribution is -0.114. The number of rotatable bonds is 4. The van der Waals surface area contributed by atoms with E-state index in [1.54, 1.807) is 5.57 Å². The highest BCUT2D eigenvalue weighted by atomic mass is 32.1. The molecule has 10 aliphatic rings. The lowest BCUT2D eigenvalue weighted by atomic mass is 9.53. The van der Waals surface area contributed by atoms with Crippen LogP contribution in [0.25, 0.3) is 0 Å². The largest absolute Gasteiger partial charge is 0.454 e. The minimum Gasteiger partial charge on any atom is -0.454 e. The highest BCUT2D eigenvalue weighted by Gasteiger charge is 2.61. The van der Waals surface area contributed by atoms with Crippen molar-refractivity contribution >= 4 is 34.5 Å². The van der Waals surface area contributed by atoms with E-state index >= 15 is 0 Å². The third kappa shape index (κ3) is 9.00. The molecule has 0 bridgehead atoms. The third-order valence-corrected chi connectivity index (χ3v) is 19.3. The van der Waals surface area contributed by atoms with Crippen LogP contribution in [0.4, 0.5) is 5.69 Å². The summed E-state index contributed by atoms with van der Waals surface area (Å²) in [5.74, 6) is 18.6. The Morgan fingerprint density at radius 1 is 0.667 bits per heavy atom. The fourth-order valence-electron chi connectivity index (χ4n) is 15.8. The van der Waals surface area contributed by atoms with Crippen molar-refractivity contribution in [1.82, 2.24) is 5.43 Å². The standard InChI is InChI=1S/C35H37N3O3S.C28H30O4.H2O/c1-3-7-23-17-29-27-13-10-21-16-25(37-38-34(42)36-24-8-5-4-6-9-24)12-14-26(21)32(27)28(19-35(29,2)33(23)39)22-11-15-30-31(18-22)41-20-40-30;1-3-4-18-12-23-21-8-5-16-11-19(29)7-9-20(16)26(21)22(14-28(23,2)27(18)30)17-6-10-24-25(13-17)32-15-31-24;/h4-6,8-9,11,15-16,18,23,27-29,33,39H,10,12-14,17,19-20H2,1-2H3,(H2,36,38,42);6,10-11,13,18,21-23,27,30H,5,7-9,12,14-15H2,1-2H3;1H2/t23?,27-,28+,29-,33-,35-;18?,21-,22+,23-,27-,28-;/m00./s1. The number of carbonyl (C=O) groups is 1. The van der Waals surface area contributed by atoms with Crippen molar-refractivity contribution < 1.29 is 39.4 Å². The number of anilines is 1. The number of hydrogen-bond acceptors (Lipinski definition) is 9. The van der Waals surface area contributed by atoms with Gasteiger partial charge in [-0.05, 0) is 213 Å². The molecule has 0 amide bonds. The van der Waals surface area contributed by atoms with Gasteiger partial charge >= 0.3 is 0 Å². The summed E-state index contributed by atoms with van der Waals surface area (Å²) in [4.78, 5) is 12.2. The van der Waals surface area contributed by atoms with E-state index < -0.39 is 12.2 Å². The maximum absolute atomic E-state index is 12.2. The van der Waals surface area contributed by atoms with Gasteiger partial charge in [0.05, 0.1) is 17.9 Å². The molecule has 0 aromatic heterocycles. The molecule has 2 heterocycles. The summed E-state index contributed by atoms with van der Waals surface area (Å²) in [6, 6.07) is 22.6. The Kier molecular flexibility index (Phi) is 13.9. The average molecular weight is 1030 g/mol. The number of allylic oxidation sites excluding steroid dienone is 8. The average Bonchev–Trinajstić information content (AvgIpc) is 4.21. The topological polar surface area (TPSA) is 162 Å². The number of thiocarbonyl (C=S) groups is 1. The number of para-hydroxylation sites is 1. The van der Waals surface area contributed by atoms with E-state index in [1.165, 1.54) is 39.0 Å². The van der Waals surface area contributed by atoms with Crippen molar-refractivity contribution in [2.75, 3.05) is 18.9 Å². The van der Waals surface area contributed by atoms with Crippen molar-refractivity contribution in [3.8, 4) is 46.7 Å². The van der Waals surface area contributed by atoms with E-state index in [0.717, 1.165) is 105 Å². The van der Waals surface area contributed by atoms with Crippen LogP contribution >= 0.6 is 12.2 Å². The van der Waals surface area contributed by atoms with Crippen LogP contribution in [0.1, 0.15) is 128 Å². The van der Waals surface area contributed by atoms with Crippen molar-refractivity contribution in [2.45, 2.75) is 129 Å². The molecule has 0 radical (unpaired) electrons. The summed E-state index contributed by atoms with van der Waals surface area (Å²) in [7, 11) is 0. The van der Waals surface area contributed by atoms with Gasteiger partial charge in [0, 0.05) is 35.8 Å². The number of benzene rings is 3. The van der Waals surface area contributed by atoms with Gasteiger partial charge in [-0.25, -0.2) is 0 Å². The normalized spacial score (nSPS) is 33.6. The van der Waals surface area contributed by atoms with Crippen LogP contribution in [0.2, 0.25) is 0 Å². The van der Waals surface area contributed by atoms with Crippen LogP contribution < -0.4 is 29.7 Å². The molecule has 2 unspecified atom stereocenters. The molecule has 2 aliphatic heterocycles. The van der Waals surface area contributed by atoms with Gasteiger partial charge in [0.25, 0.3) is 0 Å². The van der Waals surface area contributed by atoms with Gasteiger partial charge in [0.2, 0.25) is 13.6 Å². The van der Waals surface area contributed by atoms with E-state index in [-0.39, 0.29) is 59.3 Å². The molecule has 8 aliphatic carbocycles. The molecule has 3 aromatic carbocycles. The van der Waals surface area contributed by atoms with Gasteiger partial charge in [-0.15, -0.1) is 11.8 Å². The highest BCUT2D eigenvalue weighted by Crippen LogP contribution is 2.67. The maximum atomic E-state index is 12.2. The van der Waals surface area contributed by atoms with Crippen molar-refractivity contribution in [1.29, 1.82) is 0 Å². The van der Waals surface area contributed by atoms with Gasteiger partial charge in [0.15, 0.2) is 33.9 Å². The Bertz CT molecular complexity index is 3100. The number of ketones is 1. The zero-order valence-electron chi connectivity index (χ0n) is 43.5. The SMILES string of the molecule is CC#CC1C[C@H]2[C@@H]3CCC4=CC(=NNC(=S)Nc5ccccc5)CCC4=C3[C@@H](c3ccc4c(c3)OCO4)C[C@]2(C)[C@H]1O.CC#CC1C[C@H]2[C@@H]3CCC4=CC(=O)CCC4=C3[C@@H](c3ccc4c(c3)OCO4)C[C@]2(C)[C@H]1O.O. The van der Waals surface area contributed by atoms with Gasteiger partial charge in [-0.2, -0.15) is 5.10 Å². The molecule has 6 N–H and O–H groups in total. The molecule has 75 heavy (non-hydrogen) atoms. The lowest BCUT2D eigenvalue weighted by Crippen LogP contribution is -2.45. The number of hydrogen-bond donors (Lipinski definition) is 4. The predicted octanol–water partition coefficient (Wildman–Crippen LogP) is 10.8. The molecule has 0 spiro atoms. The van der Waals surface area contributed by atoms with Crippen LogP contribution in [0.15, 0.2) is 117 Å². The molecule has 4 fully saturated rings. The number of ether oxygens (including phenoxy) is 4. The Morgan fingerprint density at radius 3 is 1.71 bits per heavy atom. The first kappa shape index (κ1) is 51.0. The monoisotopic (exact) mass is 1030 g/mol. The fraction of sp³-hybridized carbons (Fsp3) is 0.476. The summed E-state index contributed by atoms with van der Waals surface area (Å²) in [5, 5.41) is 31.4. The van der Waals surface area contributed by atoms with E-state index in [2.05, 4.69) is 83.7 Å². The number of fused-ring (bicyclic) bond motifs is 10. The summed E-state index contributed by atoms with van der Waals surface area (Å²) >= 11 is 5.48. The molecule has 13 rings (SSSR count). The Hall–Kier alpha value is -6.15. The predicted molar refractivity (Wildman–Crippen MR) is 294 cm³/mol. The first-order valence-electron chi connectivity index (χ1n) is 27.0. The number of carbonyl (C=O) groups excluding carboxylic acids is 1. The van der Waals surface area contributed by atoms with E-state index in [9.17, 15) is 15.0 Å². The second-order valence-electron chi connectivity index (χ2n) is 22.8. The maximum Gasteiger partial charge on any atom is 0.231 e. The summed E-state index contributed by atoms with van der Waals surface area (Å²) in [5.41, 5.74) is 15.8. The minimum atomic E-state index is -0.417. The number of nitrogens with zero attached hydrogens (tertiary/aromatic N) is 1. The molecule has 11 nitrogen and oxygen atoms in total. The van der Waals surface area contributed by atoms with Crippen LogP contribution in [0.5, 0.6) is 23.0 Å². The molecule has 4 saturated carbocycles. The number of hydrazone groups is 1. The quantitative estimate of drug-likeness (QED) is 0.112. The van der Waals surface area contributed by atoms with Crippen LogP contribution in [0.3, 0.4) is 0 Å². The molecular weight excluding hydrogens is 959 g/mol. The van der Waals surface area contributed by atoms with Crippen molar-refractivity contribution in [3.05, 3.63) is 123 Å². The second-order valence-corrected chi connectivity index (χ2v) is 23.2. The van der Waals surface area contributed by atoms with Crippen molar-refractivity contribution in [3.63, 3.8) is 0 Å². The Balaban J connectivity index is 0.000000164. The zero-order valence-corrected chi connectivity index (χ0v) is 44.3. The molecule has 12 heteroatoms. The lowest BCUT2D eigenvalue weighted by Gasteiger charge is -2.52. The zero-order chi connectivity index (χ0) is 50.9. The molecule has 390 valence electrons. The van der Waals surface area contributed by atoms with Crippen LogP contribution in [0, 0.1) is 70.0 Å². The van der Waals surface area contributed by atoms with Crippen LogP contribution in [-0.2, 0) is 4.79 Å². The van der Waals surface area contributed by atoms with Crippen molar-refractivity contribution in [2.24, 2.45) is 51.4 Å². The Morgan fingerprint density at radius 2 is 1.17 bits per heavy atom. The summed E-state index contributed by atoms with van der Waals surface area (Å²) in [6.07, 6.45) is 14.5. The van der Waals surface area contributed by atoms with Gasteiger partial charge in [-0.3, -0.25) is 10.2 Å². The number of nitrogens with one attached hydrogen (secondary N) is 2. The van der Waals surface area contributed by atoms with E-state index in [1.807, 2.05) is 62.4 Å². The summed E-state index contributed by atoms with van der Waals surface area (Å²) < 4.78 is 22.7. The fourth-order valence-corrected chi connectivity index (χ4v) is 15.9. The molecule has 3 aromatic rings. The van der Waals surface area contributed by atoms with E-state index in [0.29, 0.717) is 35.2 Å². The minimum absolute atomic E-state index is 0. The van der Waals surface area contributed by atoms with Crippen LogP contribution in [-0.4, -0.2) is 58.1 Å². The van der Waals surface area contributed by atoms with Gasteiger partial charge < -0.3 is 40.0 Å². The first-order valence-corrected chi connectivity index (χ1v) is 27.4. The second kappa shape index (κ2) is 20.4. The molecular formula is C63H69N3O8S. The highest BCUT2D eigenvalue weighted by molar-refractivity contribution is 7.80. The number of aliphatic hydroxyl groups excluding tert-OH is 2. The smallest absolute Gasteiger partial charge is 0.231 e. The third-order valence-electron chi connectivity index (χ3n) is 19.1. The van der Waals surface area contributed by atoms with Gasteiger partial charge in [-0.1, -0.05) is 67.2 Å². The molecule has 0 saturated heterocycles. The summed E-state index contributed by atoms with van der Waals surface area (Å²) in [6.45, 7) is 8.90. The molecule has 12 atom stereocenters. The van der Waals surface area contributed by atoms with E-state index in [4.69, 9.17) is 31.2 Å². The van der Waals surface area contributed by atoms with Gasteiger partial charge in [0.1, 0.15) is 0 Å².